The highest BCUT2D eigenvalue weighted by molar-refractivity contribution is 6.00. The number of rotatable bonds is 6. The summed E-state index contributed by atoms with van der Waals surface area (Å²) in [6.07, 6.45) is 2.76. The summed E-state index contributed by atoms with van der Waals surface area (Å²) < 4.78 is 10.8. The van der Waals surface area contributed by atoms with E-state index in [1.165, 1.54) is 6.08 Å². The van der Waals surface area contributed by atoms with Crippen LogP contribution in [-0.2, 0) is 9.53 Å². The summed E-state index contributed by atoms with van der Waals surface area (Å²) in [6, 6.07) is 7.48. The van der Waals surface area contributed by atoms with Gasteiger partial charge in [-0.2, -0.15) is 10.4 Å². The Labute approximate surface area is 154 Å². The van der Waals surface area contributed by atoms with Crippen LogP contribution in [0.15, 0.2) is 35.6 Å². The number of ether oxygens (including phenoxy) is 2. The molecule has 1 heterocycles. The van der Waals surface area contributed by atoms with Gasteiger partial charge in [0, 0.05) is 24.9 Å². The first-order valence-corrected chi connectivity index (χ1v) is 8.46. The number of esters is 1. The molecular formula is C19H24N4O3. The van der Waals surface area contributed by atoms with E-state index in [1.807, 2.05) is 31.9 Å². The molecule has 1 aromatic rings. The fourth-order valence-electron chi connectivity index (χ4n) is 2.42. The summed E-state index contributed by atoms with van der Waals surface area (Å²) in [5.74, 6) is 0.905. The lowest BCUT2D eigenvalue weighted by molar-refractivity contribution is -0.141. The smallest absolute Gasteiger partial charge is 0.332 e. The molecule has 7 heteroatoms. The number of nitriles is 1. The summed E-state index contributed by atoms with van der Waals surface area (Å²) in [4.78, 5) is 13.5. The van der Waals surface area contributed by atoms with Crippen LogP contribution in [0.25, 0.3) is 0 Å². The number of hydrazone groups is 1. The van der Waals surface area contributed by atoms with Gasteiger partial charge in [0.2, 0.25) is 0 Å². The number of amidine groups is 1. The molecule has 1 aliphatic rings. The molecule has 138 valence electrons. The molecule has 0 saturated carbocycles. The lowest BCUT2D eigenvalue weighted by Gasteiger charge is -2.15. The molecule has 0 aliphatic carbocycles. The van der Waals surface area contributed by atoms with Gasteiger partial charge in [-0.3, -0.25) is 5.01 Å². The number of benzene rings is 1. The molecular weight excluding hydrogens is 332 g/mol. The molecule has 1 aromatic carbocycles. The molecule has 0 fully saturated rings. The Morgan fingerprint density at radius 2 is 2.00 bits per heavy atom. The van der Waals surface area contributed by atoms with Crippen LogP contribution < -0.4 is 4.74 Å². The van der Waals surface area contributed by atoms with E-state index in [4.69, 9.17) is 9.47 Å². The molecule has 0 unspecified atom stereocenters. The lowest BCUT2D eigenvalue weighted by atomic mass is 10.1. The van der Waals surface area contributed by atoms with Gasteiger partial charge in [-0.05, 0) is 45.9 Å². The van der Waals surface area contributed by atoms with Crippen molar-refractivity contribution in [3.63, 3.8) is 0 Å². The van der Waals surface area contributed by atoms with Crippen molar-refractivity contribution in [3.8, 4) is 11.8 Å². The summed E-state index contributed by atoms with van der Waals surface area (Å²) in [5.41, 5.74) is 1.28. The highest BCUT2D eigenvalue weighted by atomic mass is 16.5. The van der Waals surface area contributed by atoms with Crippen LogP contribution in [0.1, 0.15) is 38.8 Å². The predicted octanol–water partition coefficient (Wildman–Crippen LogP) is 2.68. The maximum atomic E-state index is 11.6. The second-order valence-electron chi connectivity index (χ2n) is 6.53. The van der Waals surface area contributed by atoms with Crippen LogP contribution >= 0.6 is 0 Å². The molecule has 2 rings (SSSR count). The van der Waals surface area contributed by atoms with Crippen molar-refractivity contribution < 1.29 is 14.3 Å². The van der Waals surface area contributed by atoms with Crippen LogP contribution in [0, 0.1) is 11.3 Å². The second-order valence-corrected chi connectivity index (χ2v) is 6.53. The Morgan fingerprint density at radius 1 is 1.27 bits per heavy atom. The van der Waals surface area contributed by atoms with Gasteiger partial charge in [0.25, 0.3) is 0 Å². The minimum atomic E-state index is -0.412. The first-order chi connectivity index (χ1) is 12.3. The van der Waals surface area contributed by atoms with E-state index in [9.17, 15) is 10.1 Å². The van der Waals surface area contributed by atoms with Crippen molar-refractivity contribution in [1.29, 1.82) is 5.26 Å². The minimum Gasteiger partial charge on any atom is -0.491 e. The van der Waals surface area contributed by atoms with Crippen molar-refractivity contribution in [2.45, 2.75) is 39.9 Å². The third-order valence-electron chi connectivity index (χ3n) is 3.34. The molecule has 0 bridgehead atoms. The molecule has 26 heavy (non-hydrogen) atoms. The zero-order valence-electron chi connectivity index (χ0n) is 15.8. The summed E-state index contributed by atoms with van der Waals surface area (Å²) in [5, 5.41) is 15.4. The quantitative estimate of drug-likeness (QED) is 0.576. The van der Waals surface area contributed by atoms with E-state index < -0.39 is 5.97 Å². The van der Waals surface area contributed by atoms with Crippen molar-refractivity contribution in [2.24, 2.45) is 5.10 Å². The Kier molecular flexibility index (Phi) is 6.23. The number of hydrogen-bond donors (Lipinski definition) is 0. The van der Waals surface area contributed by atoms with Crippen molar-refractivity contribution in [1.82, 2.24) is 9.91 Å². The average Bonchev–Trinajstić information content (AvgIpc) is 2.92. The van der Waals surface area contributed by atoms with E-state index in [1.54, 1.807) is 37.2 Å². The zero-order valence-corrected chi connectivity index (χ0v) is 15.8. The molecule has 0 spiro atoms. The van der Waals surface area contributed by atoms with Gasteiger partial charge in [0.1, 0.15) is 12.4 Å². The molecule has 0 N–H and O–H groups in total. The van der Waals surface area contributed by atoms with Crippen LogP contribution in [-0.4, -0.2) is 47.6 Å². The monoisotopic (exact) mass is 356 g/mol. The van der Waals surface area contributed by atoms with E-state index in [2.05, 4.69) is 11.2 Å². The number of carbonyl (C=O) groups is 1. The molecule has 0 radical (unpaired) electrons. The Bertz CT molecular complexity index is 763. The first-order valence-electron chi connectivity index (χ1n) is 8.46. The number of carbonyl (C=O) groups excluding carboxylic acids is 1. The number of nitrogens with zero attached hydrogens (tertiary/aromatic N) is 4. The summed E-state index contributed by atoms with van der Waals surface area (Å²) in [6.45, 7) is 7.94. The third kappa shape index (κ3) is 5.24. The molecule has 0 saturated heterocycles. The van der Waals surface area contributed by atoms with Crippen molar-refractivity contribution in [2.75, 3.05) is 13.7 Å². The maximum absolute atomic E-state index is 11.6. The highest BCUT2D eigenvalue weighted by Crippen LogP contribution is 2.22. The minimum absolute atomic E-state index is 0.00596. The van der Waals surface area contributed by atoms with E-state index in [0.29, 0.717) is 23.8 Å². The van der Waals surface area contributed by atoms with Crippen LogP contribution in [0.5, 0.6) is 5.75 Å². The van der Waals surface area contributed by atoms with E-state index in [0.717, 1.165) is 5.56 Å². The van der Waals surface area contributed by atoms with Gasteiger partial charge in [-0.15, -0.1) is 0 Å². The van der Waals surface area contributed by atoms with Gasteiger partial charge < -0.3 is 14.4 Å². The molecule has 0 amide bonds. The lowest BCUT2D eigenvalue weighted by Crippen LogP contribution is -2.26. The van der Waals surface area contributed by atoms with Crippen molar-refractivity contribution >= 4 is 11.8 Å². The van der Waals surface area contributed by atoms with Gasteiger partial charge in [0.05, 0.1) is 23.8 Å². The average molecular weight is 356 g/mol. The SMILES string of the molecule is CC(C)OC(=O)/C=C\N1CN(C)C(c2cc(C#N)cc(OC(C)C)c2)=N1. The van der Waals surface area contributed by atoms with E-state index >= 15 is 0 Å². The fourth-order valence-corrected chi connectivity index (χ4v) is 2.42. The summed E-state index contributed by atoms with van der Waals surface area (Å²) in [7, 11) is 1.89. The fraction of sp³-hybridized carbons (Fsp3) is 0.421. The van der Waals surface area contributed by atoms with Gasteiger partial charge in [-0.1, -0.05) is 0 Å². The van der Waals surface area contributed by atoms with Crippen LogP contribution in [0.3, 0.4) is 0 Å². The Balaban J connectivity index is 2.23. The van der Waals surface area contributed by atoms with Crippen LogP contribution in [0.4, 0.5) is 0 Å². The van der Waals surface area contributed by atoms with Gasteiger partial charge >= 0.3 is 5.97 Å². The highest BCUT2D eigenvalue weighted by Gasteiger charge is 2.21. The van der Waals surface area contributed by atoms with Gasteiger partial charge in [0.15, 0.2) is 5.84 Å². The molecule has 1 aliphatic heterocycles. The topological polar surface area (TPSA) is 78.2 Å². The third-order valence-corrected chi connectivity index (χ3v) is 3.34. The maximum Gasteiger partial charge on any atom is 0.332 e. The zero-order chi connectivity index (χ0) is 19.3. The molecule has 0 atom stereocenters. The Hall–Kier alpha value is -3.01. The normalized spacial score (nSPS) is 14.2. The standard InChI is InChI=1S/C19H24N4O3/c1-13(2)25-17-9-15(11-20)8-16(10-17)19-21-23(12-22(19)5)7-6-18(24)26-14(3)4/h6-10,13-14H,12H2,1-5H3/b7-6-. The van der Waals surface area contributed by atoms with Gasteiger partial charge in [-0.25, -0.2) is 4.79 Å². The first kappa shape index (κ1) is 19.3. The van der Waals surface area contributed by atoms with E-state index in [-0.39, 0.29) is 12.2 Å². The summed E-state index contributed by atoms with van der Waals surface area (Å²) >= 11 is 0. The predicted molar refractivity (Wildman–Crippen MR) is 98.3 cm³/mol. The Morgan fingerprint density at radius 3 is 2.62 bits per heavy atom. The second kappa shape index (κ2) is 8.39. The molecule has 0 aromatic heterocycles. The molecule has 7 nitrogen and oxygen atoms in total. The number of hydrogen-bond acceptors (Lipinski definition) is 7. The largest absolute Gasteiger partial charge is 0.491 e. The van der Waals surface area contributed by atoms with Crippen LogP contribution in [0.2, 0.25) is 0 Å². The van der Waals surface area contributed by atoms with Crippen molar-refractivity contribution in [3.05, 3.63) is 41.6 Å².